The van der Waals surface area contributed by atoms with Gasteiger partial charge in [-0.3, -0.25) is 14.4 Å². The summed E-state index contributed by atoms with van der Waals surface area (Å²) < 4.78 is 15.6. The zero-order valence-electron chi connectivity index (χ0n) is 16.4. The fraction of sp³-hybridized carbons (Fsp3) is 0.524. The summed E-state index contributed by atoms with van der Waals surface area (Å²) in [5, 5.41) is 4.26. The summed E-state index contributed by atoms with van der Waals surface area (Å²) in [5.41, 5.74) is 1.77. The van der Waals surface area contributed by atoms with Gasteiger partial charge in [-0.15, -0.1) is 0 Å². The Hall–Kier alpha value is -2.21. The van der Waals surface area contributed by atoms with E-state index in [0.717, 1.165) is 36.9 Å². The molecule has 1 saturated heterocycles. The Morgan fingerprint density at radius 3 is 2.85 bits per heavy atom. The minimum atomic E-state index is -0.275. The monoisotopic (exact) mass is 372 g/mol. The van der Waals surface area contributed by atoms with Crippen molar-refractivity contribution in [2.45, 2.75) is 44.7 Å². The Morgan fingerprint density at radius 1 is 1.37 bits per heavy atom. The quantitative estimate of drug-likeness (QED) is 0.781. The maximum atomic E-state index is 13.8. The fourth-order valence-corrected chi connectivity index (χ4v) is 4.11. The van der Waals surface area contributed by atoms with Crippen LogP contribution in [-0.2, 0) is 11.8 Å². The van der Waals surface area contributed by atoms with Crippen LogP contribution in [0.15, 0.2) is 36.7 Å². The van der Waals surface area contributed by atoms with Crippen molar-refractivity contribution in [1.82, 2.24) is 19.6 Å². The molecule has 0 spiro atoms. The first-order chi connectivity index (χ1) is 13.0. The first-order valence-electron chi connectivity index (χ1n) is 9.73. The van der Waals surface area contributed by atoms with Crippen molar-refractivity contribution < 1.29 is 9.18 Å². The molecule has 6 heteroatoms. The molecule has 1 fully saturated rings. The standard InChI is InChI=1S/C21H29FN4O/c1-4-19-10-5-6-11-26(19)20(27)15-24(2)21(17-13-23-25(3)14-17)16-8-7-9-18(22)12-16/h7-9,12-14,19,21H,4-6,10-11,15H2,1-3H3/t19-,21+/m1/s1. The summed E-state index contributed by atoms with van der Waals surface area (Å²) in [6.07, 6.45) is 8.05. The molecule has 1 amide bonds. The van der Waals surface area contributed by atoms with Crippen molar-refractivity contribution in [1.29, 1.82) is 0 Å². The first kappa shape index (κ1) is 19.5. The second kappa shape index (κ2) is 8.65. The summed E-state index contributed by atoms with van der Waals surface area (Å²) in [4.78, 5) is 17.0. The largest absolute Gasteiger partial charge is 0.339 e. The van der Waals surface area contributed by atoms with Crippen molar-refractivity contribution >= 4 is 5.91 Å². The maximum absolute atomic E-state index is 13.8. The zero-order valence-corrected chi connectivity index (χ0v) is 16.4. The topological polar surface area (TPSA) is 41.4 Å². The second-order valence-electron chi connectivity index (χ2n) is 7.46. The number of carbonyl (C=O) groups is 1. The van der Waals surface area contributed by atoms with Gasteiger partial charge in [-0.25, -0.2) is 4.39 Å². The van der Waals surface area contributed by atoms with E-state index in [9.17, 15) is 9.18 Å². The summed E-state index contributed by atoms with van der Waals surface area (Å²) in [5.74, 6) is -0.127. The third-order valence-electron chi connectivity index (χ3n) is 5.45. The molecule has 2 heterocycles. The number of aryl methyl sites for hydroxylation is 1. The van der Waals surface area contributed by atoms with Crippen LogP contribution in [0.25, 0.3) is 0 Å². The molecule has 27 heavy (non-hydrogen) atoms. The van der Waals surface area contributed by atoms with Crippen molar-refractivity contribution in [3.8, 4) is 0 Å². The normalized spacial score (nSPS) is 18.7. The number of likely N-dealkylation sites (N-methyl/N-ethyl adjacent to an activating group) is 1. The van der Waals surface area contributed by atoms with Gasteiger partial charge in [-0.1, -0.05) is 19.1 Å². The van der Waals surface area contributed by atoms with Crippen LogP contribution >= 0.6 is 0 Å². The second-order valence-corrected chi connectivity index (χ2v) is 7.46. The highest BCUT2D eigenvalue weighted by Crippen LogP contribution is 2.28. The minimum absolute atomic E-state index is 0.148. The highest BCUT2D eigenvalue weighted by atomic mass is 19.1. The molecule has 0 unspecified atom stereocenters. The van der Waals surface area contributed by atoms with Gasteiger partial charge in [-0.05, 0) is 50.4 Å². The average molecular weight is 372 g/mol. The molecule has 146 valence electrons. The molecule has 3 rings (SSSR count). The van der Waals surface area contributed by atoms with Gasteiger partial charge in [0.15, 0.2) is 0 Å². The molecular weight excluding hydrogens is 343 g/mol. The van der Waals surface area contributed by atoms with Gasteiger partial charge >= 0.3 is 0 Å². The molecule has 1 aliphatic rings. The summed E-state index contributed by atoms with van der Waals surface area (Å²) >= 11 is 0. The number of rotatable bonds is 6. The number of benzene rings is 1. The third-order valence-corrected chi connectivity index (χ3v) is 5.45. The van der Waals surface area contributed by atoms with E-state index in [2.05, 4.69) is 12.0 Å². The Morgan fingerprint density at radius 2 is 2.19 bits per heavy atom. The molecule has 0 N–H and O–H groups in total. The molecule has 0 saturated carbocycles. The van der Waals surface area contributed by atoms with Crippen LogP contribution in [0.1, 0.15) is 49.8 Å². The Bertz CT molecular complexity index is 775. The van der Waals surface area contributed by atoms with Crippen molar-refractivity contribution in [2.75, 3.05) is 20.1 Å². The average Bonchev–Trinajstić information content (AvgIpc) is 3.07. The van der Waals surface area contributed by atoms with Gasteiger partial charge < -0.3 is 4.90 Å². The molecule has 1 aliphatic heterocycles. The molecule has 1 aromatic carbocycles. The lowest BCUT2D eigenvalue weighted by atomic mass is 9.98. The van der Waals surface area contributed by atoms with Crippen LogP contribution in [-0.4, -0.2) is 51.7 Å². The Balaban J connectivity index is 1.82. The van der Waals surface area contributed by atoms with E-state index in [4.69, 9.17) is 0 Å². The molecule has 2 aromatic rings. The lowest BCUT2D eigenvalue weighted by Crippen LogP contribution is -2.47. The van der Waals surface area contributed by atoms with Gasteiger partial charge in [0.05, 0.1) is 18.8 Å². The lowest BCUT2D eigenvalue weighted by Gasteiger charge is -2.37. The number of aromatic nitrogens is 2. The molecule has 2 atom stereocenters. The van der Waals surface area contributed by atoms with E-state index < -0.39 is 0 Å². The van der Waals surface area contributed by atoms with E-state index in [1.54, 1.807) is 16.9 Å². The van der Waals surface area contributed by atoms with Gasteiger partial charge in [0, 0.05) is 31.4 Å². The molecule has 0 radical (unpaired) electrons. The summed E-state index contributed by atoms with van der Waals surface area (Å²) in [6.45, 7) is 3.28. The predicted molar refractivity (Wildman–Crippen MR) is 104 cm³/mol. The number of hydrogen-bond acceptors (Lipinski definition) is 3. The number of nitrogens with zero attached hydrogens (tertiary/aromatic N) is 4. The van der Waals surface area contributed by atoms with Crippen LogP contribution in [0, 0.1) is 5.82 Å². The van der Waals surface area contributed by atoms with Gasteiger partial charge in [0.25, 0.3) is 0 Å². The SMILES string of the molecule is CC[C@@H]1CCCCN1C(=O)CN(C)[C@@H](c1cccc(F)c1)c1cnn(C)c1. The van der Waals surface area contributed by atoms with Crippen LogP contribution in [0.5, 0.6) is 0 Å². The van der Waals surface area contributed by atoms with E-state index >= 15 is 0 Å². The maximum Gasteiger partial charge on any atom is 0.237 e. The van der Waals surface area contributed by atoms with E-state index in [0.29, 0.717) is 12.6 Å². The summed E-state index contributed by atoms with van der Waals surface area (Å²) in [6, 6.07) is 6.70. The Kier molecular flexibility index (Phi) is 6.26. The third kappa shape index (κ3) is 4.56. The molecule has 0 aliphatic carbocycles. The predicted octanol–water partition coefficient (Wildman–Crippen LogP) is 3.37. The zero-order chi connectivity index (χ0) is 19.4. The van der Waals surface area contributed by atoms with Crippen LogP contribution < -0.4 is 0 Å². The number of piperidine rings is 1. The molecule has 1 aromatic heterocycles. The smallest absolute Gasteiger partial charge is 0.237 e. The van der Waals surface area contributed by atoms with Crippen molar-refractivity contribution in [3.05, 3.63) is 53.6 Å². The summed E-state index contributed by atoms with van der Waals surface area (Å²) in [7, 11) is 3.78. The first-order valence-corrected chi connectivity index (χ1v) is 9.73. The van der Waals surface area contributed by atoms with Gasteiger partial charge in [-0.2, -0.15) is 5.10 Å². The fourth-order valence-electron chi connectivity index (χ4n) is 4.11. The van der Waals surface area contributed by atoms with Crippen molar-refractivity contribution in [2.24, 2.45) is 7.05 Å². The molecule has 5 nitrogen and oxygen atoms in total. The highest BCUT2D eigenvalue weighted by Gasteiger charge is 2.29. The number of halogens is 1. The Labute approximate surface area is 160 Å². The van der Waals surface area contributed by atoms with Crippen LogP contribution in [0.3, 0.4) is 0 Å². The highest BCUT2D eigenvalue weighted by molar-refractivity contribution is 5.78. The van der Waals surface area contributed by atoms with Crippen molar-refractivity contribution in [3.63, 3.8) is 0 Å². The van der Waals surface area contributed by atoms with E-state index in [1.165, 1.54) is 18.6 Å². The number of carbonyl (C=O) groups excluding carboxylic acids is 1. The number of hydrogen-bond donors (Lipinski definition) is 0. The number of likely N-dealkylation sites (tertiary alicyclic amines) is 1. The van der Waals surface area contributed by atoms with Crippen LogP contribution in [0.2, 0.25) is 0 Å². The lowest BCUT2D eigenvalue weighted by molar-refractivity contribution is -0.136. The van der Waals surface area contributed by atoms with Gasteiger partial charge in [0.2, 0.25) is 5.91 Å². The van der Waals surface area contributed by atoms with E-state index in [1.807, 2.05) is 36.2 Å². The van der Waals surface area contributed by atoms with Crippen LogP contribution in [0.4, 0.5) is 4.39 Å². The minimum Gasteiger partial charge on any atom is -0.339 e. The van der Waals surface area contributed by atoms with Gasteiger partial charge in [0.1, 0.15) is 5.82 Å². The molecular formula is C21H29FN4O. The van der Waals surface area contributed by atoms with E-state index in [-0.39, 0.29) is 17.8 Å². The molecule has 0 bridgehead atoms. The number of amides is 1.